The summed E-state index contributed by atoms with van der Waals surface area (Å²) < 4.78 is 30.7. The third kappa shape index (κ3) is 5.49. The lowest BCUT2D eigenvalue weighted by molar-refractivity contribution is -0.145. The van der Waals surface area contributed by atoms with Crippen molar-refractivity contribution in [1.82, 2.24) is 4.72 Å². The summed E-state index contributed by atoms with van der Waals surface area (Å²) in [4.78, 5) is 23.1. The van der Waals surface area contributed by atoms with E-state index in [-0.39, 0.29) is 16.2 Å². The summed E-state index contributed by atoms with van der Waals surface area (Å²) in [7, 11) is -3.86. The van der Waals surface area contributed by atoms with Gasteiger partial charge in [0, 0.05) is 5.70 Å². The van der Waals surface area contributed by atoms with E-state index in [0.717, 1.165) is 5.56 Å². The summed E-state index contributed by atoms with van der Waals surface area (Å²) in [5.41, 5.74) is 5.95. The smallest absolute Gasteiger partial charge is 0.321 e. The number of nitrogens with two attached hydrogens (primary N) is 1. The molecule has 8 nitrogen and oxygen atoms in total. The molecule has 0 spiro atoms. The molecule has 0 fully saturated rings. The molecule has 0 aromatic heterocycles. The molecule has 24 heavy (non-hydrogen) atoms. The van der Waals surface area contributed by atoms with Gasteiger partial charge in [0.25, 0.3) is 0 Å². The predicted octanol–water partition coefficient (Wildman–Crippen LogP) is 0.142. The number of nitriles is 1. The lowest BCUT2D eigenvalue weighted by Gasteiger charge is -2.07. The molecule has 0 aliphatic carbocycles. The number of Topliss-reactive ketones (excluding diaryl/α,β-unsaturated/α-hetero) is 1. The first-order chi connectivity index (χ1) is 11.2. The van der Waals surface area contributed by atoms with Gasteiger partial charge >= 0.3 is 5.97 Å². The second kappa shape index (κ2) is 8.24. The van der Waals surface area contributed by atoms with Crippen molar-refractivity contribution in [2.45, 2.75) is 18.7 Å². The second-order valence-corrected chi connectivity index (χ2v) is 6.66. The Hall–Kier alpha value is -2.70. The van der Waals surface area contributed by atoms with E-state index in [4.69, 9.17) is 11.0 Å². The Balaban J connectivity index is 2.58. The van der Waals surface area contributed by atoms with Gasteiger partial charge in [0.15, 0.2) is 6.61 Å². The molecule has 0 unspecified atom stereocenters. The number of sulfonamides is 1. The zero-order chi connectivity index (χ0) is 18.3. The van der Waals surface area contributed by atoms with Crippen LogP contribution < -0.4 is 10.5 Å². The summed E-state index contributed by atoms with van der Waals surface area (Å²) in [6.07, 6.45) is 0. The highest BCUT2D eigenvalue weighted by Gasteiger charge is 2.18. The molecule has 128 valence electrons. The van der Waals surface area contributed by atoms with Crippen LogP contribution in [0.25, 0.3) is 0 Å². The van der Waals surface area contributed by atoms with Crippen LogP contribution in [0.4, 0.5) is 0 Å². The summed E-state index contributed by atoms with van der Waals surface area (Å²) in [5, 5.41) is 8.75. The molecule has 0 aliphatic heterocycles. The first kappa shape index (κ1) is 19.3. The Morgan fingerprint density at radius 3 is 2.38 bits per heavy atom. The molecule has 0 atom stereocenters. The first-order valence-electron chi connectivity index (χ1n) is 6.79. The topological polar surface area (TPSA) is 139 Å². The molecule has 9 heteroatoms. The van der Waals surface area contributed by atoms with Crippen molar-refractivity contribution < 1.29 is 22.7 Å². The number of nitrogens with one attached hydrogen (secondary N) is 1. The van der Waals surface area contributed by atoms with Crippen molar-refractivity contribution >= 4 is 21.8 Å². The van der Waals surface area contributed by atoms with E-state index in [1.165, 1.54) is 19.1 Å². The van der Waals surface area contributed by atoms with Crippen molar-refractivity contribution in [2.75, 3.05) is 13.2 Å². The van der Waals surface area contributed by atoms with Crippen LogP contribution in [0.1, 0.15) is 12.5 Å². The number of allylic oxidation sites excluding steroid dienone is 1. The van der Waals surface area contributed by atoms with Crippen molar-refractivity contribution in [3.05, 3.63) is 41.1 Å². The molecular weight excluding hydrogens is 334 g/mol. The minimum absolute atomic E-state index is 0.00503. The highest BCUT2D eigenvalue weighted by atomic mass is 32.2. The van der Waals surface area contributed by atoms with E-state index < -0.39 is 34.9 Å². The van der Waals surface area contributed by atoms with Gasteiger partial charge in [-0.05, 0) is 26.0 Å². The predicted molar refractivity (Wildman–Crippen MR) is 84.8 cm³/mol. The maximum Gasteiger partial charge on any atom is 0.321 e. The molecule has 3 N–H and O–H groups in total. The molecule has 0 radical (unpaired) electrons. The van der Waals surface area contributed by atoms with Gasteiger partial charge in [0.2, 0.25) is 15.8 Å². The monoisotopic (exact) mass is 351 g/mol. The number of benzene rings is 1. The minimum atomic E-state index is -3.86. The minimum Gasteiger partial charge on any atom is -0.456 e. The van der Waals surface area contributed by atoms with Crippen LogP contribution in [0.2, 0.25) is 0 Å². The second-order valence-electron chi connectivity index (χ2n) is 4.89. The van der Waals surface area contributed by atoms with Crippen molar-refractivity contribution in [1.29, 1.82) is 5.26 Å². The van der Waals surface area contributed by atoms with Gasteiger partial charge in [0.05, 0.1) is 4.90 Å². The molecule has 1 rings (SSSR count). The number of ether oxygens (including phenoxy) is 1. The van der Waals surface area contributed by atoms with E-state index in [9.17, 15) is 18.0 Å². The Bertz CT molecular complexity index is 801. The molecule has 0 amide bonds. The molecule has 0 saturated heterocycles. The van der Waals surface area contributed by atoms with Crippen LogP contribution in [-0.4, -0.2) is 33.3 Å². The van der Waals surface area contributed by atoms with Crippen LogP contribution in [0.3, 0.4) is 0 Å². The summed E-state index contributed by atoms with van der Waals surface area (Å²) in [6, 6.07) is 7.66. The SMILES string of the molecule is C/C(N)=C(/C#N)C(=O)COC(=O)CNS(=O)(=O)c1ccc(C)cc1. The van der Waals surface area contributed by atoms with E-state index in [1.807, 2.05) is 6.92 Å². The Morgan fingerprint density at radius 2 is 1.88 bits per heavy atom. The number of rotatable bonds is 7. The van der Waals surface area contributed by atoms with Crippen LogP contribution in [0.15, 0.2) is 40.4 Å². The van der Waals surface area contributed by atoms with Crippen LogP contribution in [-0.2, 0) is 24.3 Å². The fraction of sp³-hybridized carbons (Fsp3) is 0.267. The third-order valence-corrected chi connectivity index (χ3v) is 4.30. The van der Waals surface area contributed by atoms with Gasteiger partial charge in [-0.1, -0.05) is 17.7 Å². The van der Waals surface area contributed by atoms with Gasteiger partial charge in [-0.25, -0.2) is 8.42 Å². The van der Waals surface area contributed by atoms with Crippen LogP contribution in [0, 0.1) is 18.3 Å². The molecule has 1 aromatic rings. The molecule has 0 bridgehead atoms. The van der Waals surface area contributed by atoms with Gasteiger partial charge < -0.3 is 10.5 Å². The van der Waals surface area contributed by atoms with Gasteiger partial charge in [-0.15, -0.1) is 0 Å². The largest absolute Gasteiger partial charge is 0.456 e. The van der Waals surface area contributed by atoms with Crippen molar-refractivity contribution in [3.8, 4) is 6.07 Å². The Kier molecular flexibility index (Phi) is 6.64. The molecular formula is C15H17N3O5S. The standard InChI is InChI=1S/C15H17N3O5S/c1-10-3-5-12(6-4-10)24(21,22)18-8-15(20)23-9-14(19)13(7-16)11(2)17/h3-6,18H,8-9,17H2,1-2H3/b13-11+. The highest BCUT2D eigenvalue weighted by Crippen LogP contribution is 2.09. The molecule has 0 aliphatic rings. The highest BCUT2D eigenvalue weighted by molar-refractivity contribution is 7.89. The third-order valence-electron chi connectivity index (χ3n) is 2.89. The quantitative estimate of drug-likeness (QED) is 0.404. The lowest BCUT2D eigenvalue weighted by Crippen LogP contribution is -2.31. The van der Waals surface area contributed by atoms with Gasteiger partial charge in [-0.2, -0.15) is 9.98 Å². The number of esters is 1. The summed E-state index contributed by atoms with van der Waals surface area (Å²) in [5.74, 6) is -1.71. The van der Waals surface area contributed by atoms with E-state index in [2.05, 4.69) is 9.46 Å². The Labute approximate surface area is 140 Å². The number of nitrogens with zero attached hydrogens (tertiary/aromatic N) is 1. The van der Waals surface area contributed by atoms with E-state index >= 15 is 0 Å². The number of hydrogen-bond acceptors (Lipinski definition) is 7. The zero-order valence-electron chi connectivity index (χ0n) is 13.2. The number of carbonyl (C=O) groups excluding carboxylic acids is 2. The van der Waals surface area contributed by atoms with Crippen molar-refractivity contribution in [2.24, 2.45) is 5.73 Å². The number of carbonyl (C=O) groups is 2. The average Bonchev–Trinajstić information content (AvgIpc) is 2.51. The first-order valence-corrected chi connectivity index (χ1v) is 8.27. The van der Waals surface area contributed by atoms with E-state index in [0.29, 0.717) is 0 Å². The van der Waals surface area contributed by atoms with E-state index in [1.54, 1.807) is 18.2 Å². The maximum atomic E-state index is 12.0. The fourth-order valence-electron chi connectivity index (χ4n) is 1.59. The Morgan fingerprint density at radius 1 is 1.29 bits per heavy atom. The number of aryl methyl sites for hydroxylation is 1. The normalized spacial score (nSPS) is 12.0. The number of hydrogen-bond donors (Lipinski definition) is 2. The molecule has 0 heterocycles. The maximum absolute atomic E-state index is 12.0. The number of ketones is 1. The molecule has 0 saturated carbocycles. The average molecular weight is 351 g/mol. The molecule has 1 aromatic carbocycles. The van der Waals surface area contributed by atoms with Crippen LogP contribution in [0.5, 0.6) is 0 Å². The lowest BCUT2D eigenvalue weighted by atomic mass is 10.1. The zero-order valence-corrected chi connectivity index (χ0v) is 14.0. The fourth-order valence-corrected chi connectivity index (χ4v) is 2.56. The van der Waals surface area contributed by atoms with Gasteiger partial charge in [0.1, 0.15) is 18.2 Å². The van der Waals surface area contributed by atoms with Gasteiger partial charge in [-0.3, -0.25) is 9.59 Å². The van der Waals surface area contributed by atoms with Crippen LogP contribution >= 0.6 is 0 Å². The van der Waals surface area contributed by atoms with Crippen molar-refractivity contribution in [3.63, 3.8) is 0 Å². The summed E-state index contributed by atoms with van der Waals surface area (Å²) >= 11 is 0. The summed E-state index contributed by atoms with van der Waals surface area (Å²) in [6.45, 7) is 1.85.